The van der Waals surface area contributed by atoms with Crippen LogP contribution in [0.1, 0.15) is 5.56 Å². The van der Waals surface area contributed by atoms with Crippen LogP contribution in [0.15, 0.2) is 35.3 Å². The molecule has 1 aliphatic heterocycles. The summed E-state index contributed by atoms with van der Waals surface area (Å²) in [6.07, 6.45) is 0. The van der Waals surface area contributed by atoms with Gasteiger partial charge < -0.3 is 0 Å². The van der Waals surface area contributed by atoms with Crippen molar-refractivity contribution in [3.63, 3.8) is 0 Å². The first-order chi connectivity index (χ1) is 7.91. The molecule has 0 aromatic heterocycles. The lowest BCUT2D eigenvalue weighted by molar-refractivity contribution is 0.117. The Morgan fingerprint density at radius 3 is 2.29 bits per heavy atom. The van der Waals surface area contributed by atoms with Gasteiger partial charge in [-0.2, -0.15) is 5.01 Å². The van der Waals surface area contributed by atoms with E-state index in [0.29, 0.717) is 5.84 Å². The number of hydrazine groups is 1. The molecule has 2 rings (SSSR count). The highest BCUT2D eigenvalue weighted by Crippen LogP contribution is 2.19. The van der Waals surface area contributed by atoms with Crippen LogP contribution in [0.5, 0.6) is 0 Å². The minimum absolute atomic E-state index is 0.590. The predicted octanol–water partition coefficient (Wildman–Crippen LogP) is -0.202. The molecule has 1 unspecified atom stereocenters. The molecule has 0 aliphatic carbocycles. The summed E-state index contributed by atoms with van der Waals surface area (Å²) in [5, 5.41) is 8.29. The van der Waals surface area contributed by atoms with Crippen molar-refractivity contribution in [3.05, 3.63) is 35.9 Å². The van der Waals surface area contributed by atoms with E-state index in [2.05, 4.69) is 4.99 Å². The van der Waals surface area contributed by atoms with Gasteiger partial charge in [0.1, 0.15) is 5.84 Å². The highest BCUT2D eigenvalue weighted by Gasteiger charge is 2.36. The fourth-order valence-electron chi connectivity index (χ4n) is 1.70. The van der Waals surface area contributed by atoms with E-state index in [1.807, 2.05) is 30.3 Å². The standard InChI is InChI=1S/C10H14N4O2S/c1-13-9(8-6-4-3-5-7-8)12-10(14(13)2)17(11,15)16/h3-7,10H,1-2H3,(H2,11,15,16). The Balaban J connectivity index is 2.43. The number of aliphatic imine (C=N–C) groups is 1. The van der Waals surface area contributed by atoms with Crippen LogP contribution in [0.25, 0.3) is 0 Å². The van der Waals surface area contributed by atoms with Gasteiger partial charge in [-0.1, -0.05) is 30.3 Å². The lowest BCUT2D eigenvalue weighted by atomic mass is 10.2. The maximum Gasteiger partial charge on any atom is 0.248 e. The number of nitrogens with two attached hydrogens (primary N) is 1. The summed E-state index contributed by atoms with van der Waals surface area (Å²) >= 11 is 0. The zero-order chi connectivity index (χ0) is 12.6. The van der Waals surface area contributed by atoms with E-state index < -0.39 is 15.5 Å². The third kappa shape index (κ3) is 2.17. The smallest absolute Gasteiger partial charge is 0.248 e. The third-order valence-corrected chi connectivity index (χ3v) is 3.66. The van der Waals surface area contributed by atoms with E-state index in [0.717, 1.165) is 5.56 Å². The van der Waals surface area contributed by atoms with Crippen LogP contribution in [0.3, 0.4) is 0 Å². The number of rotatable bonds is 2. The summed E-state index contributed by atoms with van der Waals surface area (Å²) in [5.74, 6) is 0.590. The summed E-state index contributed by atoms with van der Waals surface area (Å²) in [4.78, 5) is 4.15. The molecular formula is C10H14N4O2S. The van der Waals surface area contributed by atoms with Gasteiger partial charge in [0.25, 0.3) is 0 Å². The first-order valence-electron chi connectivity index (χ1n) is 5.02. The maximum absolute atomic E-state index is 11.4. The molecule has 1 heterocycles. The molecule has 0 bridgehead atoms. The predicted molar refractivity (Wildman–Crippen MR) is 65.4 cm³/mol. The van der Waals surface area contributed by atoms with Crippen LogP contribution >= 0.6 is 0 Å². The molecule has 1 aromatic carbocycles. The number of amidine groups is 1. The minimum atomic E-state index is -3.73. The lowest BCUT2D eigenvalue weighted by Crippen LogP contribution is -2.44. The van der Waals surface area contributed by atoms with Gasteiger partial charge >= 0.3 is 0 Å². The van der Waals surface area contributed by atoms with Gasteiger partial charge in [0.15, 0.2) is 0 Å². The molecule has 7 heteroatoms. The van der Waals surface area contributed by atoms with E-state index >= 15 is 0 Å². The van der Waals surface area contributed by atoms with Gasteiger partial charge in [0.2, 0.25) is 15.5 Å². The van der Waals surface area contributed by atoms with Crippen molar-refractivity contribution in [1.82, 2.24) is 10.0 Å². The quantitative estimate of drug-likeness (QED) is 0.792. The van der Waals surface area contributed by atoms with Gasteiger partial charge in [-0.15, -0.1) is 0 Å². The molecule has 17 heavy (non-hydrogen) atoms. The normalized spacial score (nSPS) is 21.7. The molecule has 0 saturated carbocycles. The van der Waals surface area contributed by atoms with Crippen molar-refractivity contribution in [2.24, 2.45) is 10.1 Å². The Labute approximate surface area is 100 Å². The summed E-state index contributed by atoms with van der Waals surface area (Å²) in [7, 11) is -0.348. The van der Waals surface area contributed by atoms with Gasteiger partial charge in [0.05, 0.1) is 0 Å². The minimum Gasteiger partial charge on any atom is -0.290 e. The molecule has 92 valence electrons. The highest BCUT2D eigenvalue weighted by molar-refractivity contribution is 7.89. The third-order valence-electron chi connectivity index (χ3n) is 2.66. The zero-order valence-electron chi connectivity index (χ0n) is 9.61. The molecule has 6 nitrogen and oxygen atoms in total. The van der Waals surface area contributed by atoms with E-state index in [1.165, 1.54) is 5.01 Å². The Morgan fingerprint density at radius 1 is 1.24 bits per heavy atom. The lowest BCUT2D eigenvalue weighted by Gasteiger charge is -2.25. The second-order valence-electron chi connectivity index (χ2n) is 3.83. The molecule has 1 atom stereocenters. The molecule has 1 aromatic rings. The second-order valence-corrected chi connectivity index (χ2v) is 5.43. The van der Waals surface area contributed by atoms with Crippen molar-refractivity contribution in [2.45, 2.75) is 5.50 Å². The zero-order valence-corrected chi connectivity index (χ0v) is 10.4. The second kappa shape index (κ2) is 4.10. The van der Waals surface area contributed by atoms with Crippen LogP contribution < -0.4 is 5.14 Å². The average molecular weight is 254 g/mol. The Morgan fingerprint density at radius 2 is 1.82 bits per heavy atom. The van der Waals surface area contributed by atoms with Crippen LogP contribution in [0, 0.1) is 0 Å². The van der Waals surface area contributed by atoms with E-state index in [-0.39, 0.29) is 0 Å². The van der Waals surface area contributed by atoms with Crippen LogP contribution in [0.2, 0.25) is 0 Å². The van der Waals surface area contributed by atoms with Crippen molar-refractivity contribution in [1.29, 1.82) is 0 Å². The number of benzene rings is 1. The molecule has 0 saturated heterocycles. The van der Waals surface area contributed by atoms with Crippen LogP contribution in [-0.4, -0.2) is 43.9 Å². The fourth-order valence-corrected chi connectivity index (χ4v) is 2.52. The monoisotopic (exact) mass is 254 g/mol. The molecule has 0 amide bonds. The number of hydrogen-bond donors (Lipinski definition) is 1. The van der Waals surface area contributed by atoms with Crippen molar-refractivity contribution in [3.8, 4) is 0 Å². The van der Waals surface area contributed by atoms with Crippen LogP contribution in [-0.2, 0) is 10.0 Å². The summed E-state index contributed by atoms with van der Waals surface area (Å²) < 4.78 is 22.7. The first-order valence-corrected chi connectivity index (χ1v) is 6.63. The van der Waals surface area contributed by atoms with Crippen molar-refractivity contribution in [2.75, 3.05) is 14.1 Å². The topological polar surface area (TPSA) is 79.0 Å². The molecule has 0 fully saturated rings. The number of hydrogen-bond acceptors (Lipinski definition) is 5. The molecule has 1 aliphatic rings. The number of nitrogens with zero attached hydrogens (tertiary/aromatic N) is 3. The van der Waals surface area contributed by atoms with Crippen molar-refractivity contribution < 1.29 is 8.42 Å². The average Bonchev–Trinajstić information content (AvgIpc) is 2.57. The largest absolute Gasteiger partial charge is 0.290 e. The first kappa shape index (κ1) is 12.0. The SMILES string of the molecule is CN1C(c2ccccc2)=NC(S(N)(=O)=O)N1C. The number of sulfonamides is 1. The summed E-state index contributed by atoms with van der Waals surface area (Å²) in [6.45, 7) is 0. The molecule has 2 N–H and O–H groups in total. The molecule has 0 radical (unpaired) electrons. The van der Waals surface area contributed by atoms with Crippen LogP contribution in [0.4, 0.5) is 0 Å². The summed E-state index contributed by atoms with van der Waals surface area (Å²) in [6, 6.07) is 9.37. The van der Waals surface area contributed by atoms with Gasteiger partial charge in [-0.05, 0) is 0 Å². The van der Waals surface area contributed by atoms with E-state index in [1.54, 1.807) is 19.1 Å². The maximum atomic E-state index is 11.4. The fraction of sp³-hybridized carbons (Fsp3) is 0.300. The van der Waals surface area contributed by atoms with Gasteiger partial charge in [0, 0.05) is 19.7 Å². The number of primary sulfonamides is 1. The molecular weight excluding hydrogens is 240 g/mol. The Hall–Kier alpha value is -1.44. The van der Waals surface area contributed by atoms with Gasteiger partial charge in [-0.25, -0.2) is 18.5 Å². The summed E-state index contributed by atoms with van der Waals surface area (Å²) in [5.41, 5.74) is -0.198. The molecule has 0 spiro atoms. The Bertz CT molecular complexity index is 541. The van der Waals surface area contributed by atoms with Gasteiger partial charge in [-0.3, -0.25) is 5.01 Å². The van der Waals surface area contributed by atoms with E-state index in [9.17, 15) is 8.42 Å². The van der Waals surface area contributed by atoms with E-state index in [4.69, 9.17) is 5.14 Å². The highest BCUT2D eigenvalue weighted by atomic mass is 32.2. The van der Waals surface area contributed by atoms with Crippen molar-refractivity contribution >= 4 is 15.9 Å². The Kier molecular flexibility index (Phi) is 2.90.